The minimum absolute atomic E-state index is 0.00258. The number of rotatable bonds is 0. The molecular weight excluding hydrogens is 422 g/mol. The highest BCUT2D eigenvalue weighted by atomic mass is 19.1. The van der Waals surface area contributed by atoms with E-state index in [2.05, 4.69) is 5.32 Å². The highest BCUT2D eigenvalue weighted by Crippen LogP contribution is 2.42. The number of carbonyl (C=O) groups is 2. The van der Waals surface area contributed by atoms with Gasteiger partial charge in [-0.05, 0) is 51.0 Å². The van der Waals surface area contributed by atoms with Crippen molar-refractivity contribution in [3.8, 4) is 5.75 Å². The Labute approximate surface area is 185 Å². The summed E-state index contributed by atoms with van der Waals surface area (Å²) in [6.07, 6.45) is 3.44. The van der Waals surface area contributed by atoms with Crippen LogP contribution in [0.1, 0.15) is 50.5 Å². The first kappa shape index (κ1) is 21.6. The van der Waals surface area contributed by atoms with Crippen LogP contribution in [0.4, 0.5) is 8.78 Å². The van der Waals surface area contributed by atoms with Crippen LogP contribution in [-0.2, 0) is 19.1 Å². The van der Waals surface area contributed by atoms with Gasteiger partial charge < -0.3 is 24.4 Å². The van der Waals surface area contributed by atoms with Crippen molar-refractivity contribution < 1.29 is 32.6 Å². The van der Waals surface area contributed by atoms with Crippen LogP contribution in [0, 0.1) is 11.6 Å². The Morgan fingerprint density at radius 2 is 1.91 bits per heavy atom. The van der Waals surface area contributed by atoms with Crippen molar-refractivity contribution in [3.05, 3.63) is 29.3 Å². The van der Waals surface area contributed by atoms with E-state index < -0.39 is 23.2 Å². The summed E-state index contributed by atoms with van der Waals surface area (Å²) in [7, 11) is 0. The van der Waals surface area contributed by atoms with Gasteiger partial charge in [0.1, 0.15) is 12.4 Å². The molecule has 1 saturated carbocycles. The molecule has 0 aromatic heterocycles. The van der Waals surface area contributed by atoms with Gasteiger partial charge >= 0.3 is 0 Å². The molecule has 174 valence electrons. The topological polar surface area (TPSA) is 77.1 Å². The van der Waals surface area contributed by atoms with E-state index in [4.69, 9.17) is 14.2 Å². The predicted molar refractivity (Wildman–Crippen MR) is 109 cm³/mol. The van der Waals surface area contributed by atoms with Crippen LogP contribution in [0.15, 0.2) is 12.1 Å². The van der Waals surface area contributed by atoms with Gasteiger partial charge in [0.15, 0.2) is 18.2 Å². The molecule has 9 heteroatoms. The number of fused-ring (bicyclic) bond motifs is 5. The van der Waals surface area contributed by atoms with E-state index in [1.54, 1.807) is 4.90 Å². The largest absolute Gasteiger partial charge is 0.480 e. The van der Waals surface area contributed by atoms with E-state index in [0.717, 1.165) is 18.9 Å². The molecule has 1 aromatic carbocycles. The second kappa shape index (κ2) is 8.26. The summed E-state index contributed by atoms with van der Waals surface area (Å²) in [4.78, 5) is 27.1. The third-order valence-corrected chi connectivity index (χ3v) is 7.36. The van der Waals surface area contributed by atoms with E-state index in [-0.39, 0.29) is 55.4 Å². The number of halogens is 2. The van der Waals surface area contributed by atoms with Gasteiger partial charge in [-0.3, -0.25) is 9.59 Å². The van der Waals surface area contributed by atoms with Gasteiger partial charge in [-0.25, -0.2) is 8.78 Å². The zero-order chi connectivity index (χ0) is 22.5. The lowest BCUT2D eigenvalue weighted by Gasteiger charge is -2.41. The van der Waals surface area contributed by atoms with Crippen molar-refractivity contribution >= 4 is 11.8 Å². The van der Waals surface area contributed by atoms with Crippen LogP contribution in [-0.4, -0.2) is 66.9 Å². The summed E-state index contributed by atoms with van der Waals surface area (Å²) in [5.74, 6) is -2.09. The fourth-order valence-electron chi connectivity index (χ4n) is 5.97. The number of hydrogen-bond acceptors (Lipinski definition) is 5. The Morgan fingerprint density at radius 3 is 2.66 bits per heavy atom. The molecule has 2 amide bonds. The molecule has 6 rings (SSSR count). The summed E-state index contributed by atoms with van der Waals surface area (Å²) in [6.45, 7) is 2.10. The molecule has 1 aliphatic carbocycles. The van der Waals surface area contributed by atoms with Crippen molar-refractivity contribution in [2.24, 2.45) is 0 Å². The van der Waals surface area contributed by atoms with Crippen molar-refractivity contribution in [1.82, 2.24) is 10.2 Å². The van der Waals surface area contributed by atoms with Gasteiger partial charge in [0, 0.05) is 17.7 Å². The standard InChI is InChI=1S/C23H28F2N2O5/c1-13-8-23(12-30-10-20(28)26-23)19-9-31-16-4-2-14(3-5-16)17-6-15(24)7-18(25)22(17)32-11-21(29)27(13)19/h6-7,13-14,16,19H,2-5,8-12H2,1H3,(H,26,28)/t13-,14?,16?,19+,23-/m1/s1. The molecule has 0 unspecified atom stereocenters. The van der Waals surface area contributed by atoms with E-state index >= 15 is 0 Å². The van der Waals surface area contributed by atoms with Crippen LogP contribution in [0.3, 0.4) is 0 Å². The number of benzene rings is 1. The van der Waals surface area contributed by atoms with Gasteiger partial charge in [-0.2, -0.15) is 0 Å². The second-order valence-electron chi connectivity index (χ2n) is 9.47. The third-order valence-electron chi connectivity index (χ3n) is 7.36. The summed E-state index contributed by atoms with van der Waals surface area (Å²) in [5, 5.41) is 3.06. The molecular formula is C23H28F2N2O5. The summed E-state index contributed by atoms with van der Waals surface area (Å²) < 4.78 is 46.2. The number of ether oxygens (including phenoxy) is 3. The number of carbonyl (C=O) groups excluding carboxylic acids is 2. The Hall–Kier alpha value is -2.26. The first-order valence-electron chi connectivity index (χ1n) is 11.3. The Balaban J connectivity index is 1.50. The van der Waals surface area contributed by atoms with Crippen molar-refractivity contribution in [2.45, 2.75) is 68.7 Å². The number of morpholine rings is 1. The fraction of sp³-hybridized carbons (Fsp3) is 0.652. The first-order valence-corrected chi connectivity index (χ1v) is 11.3. The Bertz CT molecular complexity index is 920. The van der Waals surface area contributed by atoms with E-state index in [1.165, 1.54) is 6.07 Å². The molecule has 3 atom stereocenters. The summed E-state index contributed by atoms with van der Waals surface area (Å²) in [6, 6.07) is 1.50. The Morgan fingerprint density at radius 1 is 1.12 bits per heavy atom. The fourth-order valence-corrected chi connectivity index (χ4v) is 5.97. The third kappa shape index (κ3) is 3.75. The molecule has 1 N–H and O–H groups in total. The van der Waals surface area contributed by atoms with Gasteiger partial charge in [0.25, 0.3) is 5.91 Å². The molecule has 4 aliphatic heterocycles. The van der Waals surface area contributed by atoms with Gasteiger partial charge in [-0.1, -0.05) is 0 Å². The molecule has 0 radical (unpaired) electrons. The van der Waals surface area contributed by atoms with Crippen LogP contribution in [0.25, 0.3) is 0 Å². The van der Waals surface area contributed by atoms with E-state index in [9.17, 15) is 18.4 Å². The smallest absolute Gasteiger partial charge is 0.261 e. The Kier molecular flexibility index (Phi) is 5.57. The summed E-state index contributed by atoms with van der Waals surface area (Å²) in [5.41, 5.74) is -0.253. The molecule has 2 bridgehead atoms. The molecule has 5 aliphatic rings. The minimum atomic E-state index is -0.795. The van der Waals surface area contributed by atoms with Gasteiger partial charge in [0.05, 0.1) is 30.9 Å². The molecule has 2 saturated heterocycles. The zero-order valence-corrected chi connectivity index (χ0v) is 18.1. The second-order valence-corrected chi connectivity index (χ2v) is 9.47. The maximum Gasteiger partial charge on any atom is 0.261 e. The number of amides is 2. The number of nitrogens with one attached hydrogen (secondary N) is 1. The van der Waals surface area contributed by atoms with E-state index in [1.807, 2.05) is 6.92 Å². The molecule has 32 heavy (non-hydrogen) atoms. The SMILES string of the molecule is C[C@@H]1C[C@@]2(COCC(=O)N2)[C@@H]2COC3CCC(CC3)c3cc(F)cc(F)c3OCC(=O)N12. The lowest BCUT2D eigenvalue weighted by atomic mass is 9.82. The summed E-state index contributed by atoms with van der Waals surface area (Å²) >= 11 is 0. The van der Waals surface area contributed by atoms with Gasteiger partial charge in [0.2, 0.25) is 5.91 Å². The monoisotopic (exact) mass is 450 g/mol. The highest BCUT2D eigenvalue weighted by Gasteiger charge is 2.55. The van der Waals surface area contributed by atoms with Crippen molar-refractivity contribution in [2.75, 3.05) is 26.4 Å². The normalized spacial score (nSPS) is 35.3. The van der Waals surface area contributed by atoms with Crippen LogP contribution in [0.2, 0.25) is 0 Å². The molecule has 1 aromatic rings. The van der Waals surface area contributed by atoms with Crippen LogP contribution >= 0.6 is 0 Å². The maximum absolute atomic E-state index is 14.7. The average Bonchev–Trinajstić information content (AvgIpc) is 3.01. The predicted octanol–water partition coefficient (Wildman–Crippen LogP) is 2.27. The van der Waals surface area contributed by atoms with Crippen molar-refractivity contribution in [3.63, 3.8) is 0 Å². The maximum atomic E-state index is 14.7. The minimum Gasteiger partial charge on any atom is -0.480 e. The average molecular weight is 450 g/mol. The lowest BCUT2D eigenvalue weighted by molar-refractivity contribution is -0.145. The number of hydrogen-bond donors (Lipinski definition) is 1. The van der Waals surface area contributed by atoms with E-state index in [0.29, 0.717) is 31.4 Å². The van der Waals surface area contributed by atoms with Crippen LogP contribution in [0.5, 0.6) is 5.75 Å². The molecule has 1 spiro atoms. The lowest BCUT2D eigenvalue weighted by Crippen LogP contribution is -2.65. The van der Waals surface area contributed by atoms with Crippen LogP contribution < -0.4 is 10.1 Å². The van der Waals surface area contributed by atoms with Gasteiger partial charge in [-0.15, -0.1) is 0 Å². The zero-order valence-electron chi connectivity index (χ0n) is 18.1. The quantitative estimate of drug-likeness (QED) is 0.656. The highest BCUT2D eigenvalue weighted by molar-refractivity contribution is 5.81. The van der Waals surface area contributed by atoms with Crippen molar-refractivity contribution in [1.29, 1.82) is 0 Å². The molecule has 7 nitrogen and oxygen atoms in total. The first-order chi connectivity index (χ1) is 15.4. The molecule has 4 heterocycles. The molecule has 3 fully saturated rings. The number of nitrogens with zero attached hydrogens (tertiary/aromatic N) is 1.